The van der Waals surface area contributed by atoms with E-state index in [1.54, 1.807) is 0 Å². The fourth-order valence-electron chi connectivity index (χ4n) is 0.882. The van der Waals surface area contributed by atoms with Crippen LogP contribution in [0.5, 0.6) is 5.75 Å². The lowest BCUT2D eigenvalue weighted by Crippen LogP contribution is -1.92. The van der Waals surface area contributed by atoms with Crippen molar-refractivity contribution in [1.29, 1.82) is 0 Å². The molecule has 12 heavy (non-hydrogen) atoms. The standard InChI is InChI=1S/C8H8ClFO2/c1-12-7-3-6(10)2-5(4-11)8(7)9/h2-3,11H,4H2,1H3. The predicted octanol–water partition coefficient (Wildman–Crippen LogP) is 1.98. The SMILES string of the molecule is COc1cc(F)cc(CO)c1Cl. The monoisotopic (exact) mass is 190 g/mol. The first-order valence-corrected chi connectivity index (χ1v) is 3.69. The first-order chi connectivity index (χ1) is 5.69. The summed E-state index contributed by atoms with van der Waals surface area (Å²) >= 11 is 5.73. The quantitative estimate of drug-likeness (QED) is 0.773. The Bertz CT molecular complexity index is 263. The zero-order valence-corrected chi connectivity index (χ0v) is 7.23. The highest BCUT2D eigenvalue weighted by atomic mass is 35.5. The number of benzene rings is 1. The van der Waals surface area contributed by atoms with Crippen LogP contribution in [0.3, 0.4) is 0 Å². The van der Waals surface area contributed by atoms with Gasteiger partial charge >= 0.3 is 0 Å². The molecule has 66 valence electrons. The summed E-state index contributed by atoms with van der Waals surface area (Å²) < 4.78 is 17.5. The van der Waals surface area contributed by atoms with E-state index in [9.17, 15) is 4.39 Å². The lowest BCUT2D eigenvalue weighted by molar-refractivity contribution is 0.280. The highest BCUT2D eigenvalue weighted by Gasteiger charge is 2.08. The van der Waals surface area contributed by atoms with E-state index in [-0.39, 0.29) is 17.4 Å². The van der Waals surface area contributed by atoms with Gasteiger partial charge in [0.05, 0.1) is 18.7 Å². The highest BCUT2D eigenvalue weighted by molar-refractivity contribution is 6.32. The van der Waals surface area contributed by atoms with Crippen molar-refractivity contribution in [2.75, 3.05) is 7.11 Å². The van der Waals surface area contributed by atoms with Crippen molar-refractivity contribution in [3.8, 4) is 5.75 Å². The third-order valence-electron chi connectivity index (χ3n) is 1.47. The molecule has 0 radical (unpaired) electrons. The number of rotatable bonds is 2. The zero-order chi connectivity index (χ0) is 9.14. The molecule has 0 bridgehead atoms. The van der Waals surface area contributed by atoms with E-state index in [1.807, 2.05) is 0 Å². The molecule has 0 heterocycles. The van der Waals surface area contributed by atoms with Crippen LogP contribution in [0.2, 0.25) is 5.02 Å². The number of halogens is 2. The van der Waals surface area contributed by atoms with E-state index in [2.05, 4.69) is 0 Å². The molecule has 1 aromatic carbocycles. The van der Waals surface area contributed by atoms with Crippen LogP contribution in [-0.2, 0) is 6.61 Å². The summed E-state index contributed by atoms with van der Waals surface area (Å²) in [5.41, 5.74) is 0.327. The molecule has 0 amide bonds. The van der Waals surface area contributed by atoms with Crippen molar-refractivity contribution in [1.82, 2.24) is 0 Å². The first kappa shape index (κ1) is 9.29. The normalized spacial score (nSPS) is 10.0. The molecule has 4 heteroatoms. The van der Waals surface area contributed by atoms with Crippen LogP contribution in [0.4, 0.5) is 4.39 Å². The highest BCUT2D eigenvalue weighted by Crippen LogP contribution is 2.29. The number of hydrogen-bond acceptors (Lipinski definition) is 2. The Morgan fingerprint density at radius 1 is 1.58 bits per heavy atom. The Labute approximate surface area is 74.5 Å². The van der Waals surface area contributed by atoms with Gasteiger partial charge in [0.2, 0.25) is 0 Å². The van der Waals surface area contributed by atoms with Gasteiger partial charge in [-0.25, -0.2) is 4.39 Å². The molecule has 0 aromatic heterocycles. The summed E-state index contributed by atoms with van der Waals surface area (Å²) in [7, 11) is 1.39. The minimum Gasteiger partial charge on any atom is -0.495 e. The first-order valence-electron chi connectivity index (χ1n) is 3.31. The van der Waals surface area contributed by atoms with Crippen LogP contribution in [0.25, 0.3) is 0 Å². The van der Waals surface area contributed by atoms with Gasteiger partial charge in [-0.1, -0.05) is 11.6 Å². The Balaban J connectivity index is 3.22. The molecule has 0 saturated heterocycles. The van der Waals surface area contributed by atoms with Gasteiger partial charge in [0.1, 0.15) is 11.6 Å². The molecule has 0 aliphatic rings. The lowest BCUT2D eigenvalue weighted by atomic mass is 10.2. The molecule has 0 aliphatic carbocycles. The summed E-state index contributed by atoms with van der Waals surface area (Å²) in [5.74, 6) is -0.235. The average molecular weight is 191 g/mol. The summed E-state index contributed by atoms with van der Waals surface area (Å²) in [4.78, 5) is 0. The molecule has 0 fully saturated rings. The van der Waals surface area contributed by atoms with Crippen LogP contribution >= 0.6 is 11.6 Å². The number of aliphatic hydroxyl groups excluding tert-OH is 1. The fraction of sp³-hybridized carbons (Fsp3) is 0.250. The molecule has 0 unspecified atom stereocenters. The molecule has 1 aromatic rings. The fourth-order valence-corrected chi connectivity index (χ4v) is 1.13. The second-order valence-electron chi connectivity index (χ2n) is 2.24. The maximum atomic E-state index is 12.7. The van der Waals surface area contributed by atoms with Crippen LogP contribution in [-0.4, -0.2) is 12.2 Å². The van der Waals surface area contributed by atoms with Gasteiger partial charge in [0.15, 0.2) is 0 Å². The van der Waals surface area contributed by atoms with Crippen molar-refractivity contribution in [3.05, 3.63) is 28.5 Å². The van der Waals surface area contributed by atoms with Crippen molar-refractivity contribution < 1.29 is 14.2 Å². The van der Waals surface area contributed by atoms with Gasteiger partial charge in [0.25, 0.3) is 0 Å². The Hall–Kier alpha value is -0.800. The second-order valence-corrected chi connectivity index (χ2v) is 2.62. The third kappa shape index (κ3) is 1.68. The van der Waals surface area contributed by atoms with Crippen molar-refractivity contribution in [2.24, 2.45) is 0 Å². The molecular weight excluding hydrogens is 183 g/mol. The minimum absolute atomic E-state index is 0.237. The molecule has 1 N–H and O–H groups in total. The molecule has 2 nitrogen and oxygen atoms in total. The largest absolute Gasteiger partial charge is 0.495 e. The van der Waals surface area contributed by atoms with Crippen molar-refractivity contribution >= 4 is 11.6 Å². The summed E-state index contributed by atoms with van der Waals surface area (Å²) in [6.45, 7) is -0.299. The second kappa shape index (κ2) is 3.74. The van der Waals surface area contributed by atoms with Gasteiger partial charge in [-0.2, -0.15) is 0 Å². The molecule has 1 rings (SSSR count). The molecule has 0 saturated carbocycles. The van der Waals surface area contributed by atoms with Crippen LogP contribution in [0, 0.1) is 5.82 Å². The lowest BCUT2D eigenvalue weighted by Gasteiger charge is -2.06. The number of hydrogen-bond donors (Lipinski definition) is 1. The van der Waals surface area contributed by atoms with E-state index < -0.39 is 5.82 Å². The van der Waals surface area contributed by atoms with Crippen molar-refractivity contribution in [2.45, 2.75) is 6.61 Å². The van der Waals surface area contributed by atoms with Crippen LogP contribution in [0.15, 0.2) is 12.1 Å². The van der Waals surface area contributed by atoms with Gasteiger partial charge in [-0.05, 0) is 6.07 Å². The van der Waals surface area contributed by atoms with Gasteiger partial charge in [-0.15, -0.1) is 0 Å². The average Bonchev–Trinajstić information content (AvgIpc) is 2.08. The topological polar surface area (TPSA) is 29.5 Å². The summed E-state index contributed by atoms with van der Waals surface area (Å²) in [5, 5.41) is 9.01. The summed E-state index contributed by atoms with van der Waals surface area (Å²) in [6.07, 6.45) is 0. The van der Waals surface area contributed by atoms with E-state index in [0.29, 0.717) is 5.56 Å². The molecular formula is C8H8ClFO2. The van der Waals surface area contributed by atoms with E-state index in [4.69, 9.17) is 21.4 Å². The Morgan fingerprint density at radius 3 is 2.75 bits per heavy atom. The summed E-state index contributed by atoms with van der Waals surface area (Å²) in [6, 6.07) is 2.34. The van der Waals surface area contributed by atoms with Gasteiger partial charge in [0, 0.05) is 11.6 Å². The van der Waals surface area contributed by atoms with Gasteiger partial charge in [-0.3, -0.25) is 0 Å². The van der Waals surface area contributed by atoms with Crippen LogP contribution in [0.1, 0.15) is 5.56 Å². The predicted molar refractivity (Wildman–Crippen MR) is 43.9 cm³/mol. The van der Waals surface area contributed by atoms with Crippen LogP contribution < -0.4 is 4.74 Å². The Morgan fingerprint density at radius 2 is 2.25 bits per heavy atom. The number of ether oxygens (including phenoxy) is 1. The van der Waals surface area contributed by atoms with E-state index in [1.165, 1.54) is 19.2 Å². The Kier molecular flexibility index (Phi) is 2.89. The zero-order valence-electron chi connectivity index (χ0n) is 6.47. The smallest absolute Gasteiger partial charge is 0.140 e. The number of methoxy groups -OCH3 is 1. The number of aliphatic hydroxyl groups is 1. The van der Waals surface area contributed by atoms with E-state index in [0.717, 1.165) is 0 Å². The maximum Gasteiger partial charge on any atom is 0.140 e. The maximum absolute atomic E-state index is 12.7. The minimum atomic E-state index is -0.472. The molecule has 0 spiro atoms. The third-order valence-corrected chi connectivity index (χ3v) is 1.90. The van der Waals surface area contributed by atoms with Crippen molar-refractivity contribution in [3.63, 3.8) is 0 Å². The molecule has 0 aliphatic heterocycles. The van der Waals surface area contributed by atoms with Gasteiger partial charge < -0.3 is 9.84 Å². The molecule has 0 atom stereocenters. The van der Waals surface area contributed by atoms with E-state index >= 15 is 0 Å².